The van der Waals surface area contributed by atoms with Crippen molar-refractivity contribution in [2.75, 3.05) is 31.1 Å². The van der Waals surface area contributed by atoms with E-state index in [2.05, 4.69) is 31.7 Å². The lowest BCUT2D eigenvalue weighted by Crippen LogP contribution is -2.54. The molecule has 3 aromatic rings. The van der Waals surface area contributed by atoms with Gasteiger partial charge in [-0.3, -0.25) is 4.79 Å². The fourth-order valence-corrected chi connectivity index (χ4v) is 4.46. The molecule has 7 heteroatoms. The molecule has 0 aliphatic carbocycles. The van der Waals surface area contributed by atoms with Crippen molar-refractivity contribution in [2.24, 2.45) is 0 Å². The number of piperazine rings is 1. The number of benzene rings is 1. The third-order valence-electron chi connectivity index (χ3n) is 6.09. The number of nitrogens with zero attached hydrogens (tertiary/aromatic N) is 4. The molecule has 1 aliphatic rings. The number of carbonyl (C=O) groups excluding carboxylic acids is 1. The summed E-state index contributed by atoms with van der Waals surface area (Å²) in [6, 6.07) is 15.6. The predicted octanol–water partition coefficient (Wildman–Crippen LogP) is 5.09. The van der Waals surface area contributed by atoms with Gasteiger partial charge in [0.1, 0.15) is 17.6 Å². The molecule has 176 valence electrons. The molecule has 0 unspecified atom stereocenters. The van der Waals surface area contributed by atoms with Gasteiger partial charge >= 0.3 is 0 Å². The van der Waals surface area contributed by atoms with Gasteiger partial charge in [0.25, 0.3) is 5.91 Å². The second-order valence-electron chi connectivity index (χ2n) is 8.76. The number of amides is 1. The molecule has 1 atom stereocenters. The van der Waals surface area contributed by atoms with Crippen LogP contribution >= 0.6 is 0 Å². The number of pyridine rings is 1. The minimum absolute atomic E-state index is 0.00571. The first-order chi connectivity index (χ1) is 16.4. The van der Waals surface area contributed by atoms with Crippen LogP contribution < -0.4 is 9.64 Å². The summed E-state index contributed by atoms with van der Waals surface area (Å²) in [5.41, 5.74) is 3.29. The quantitative estimate of drug-likeness (QED) is 0.512. The van der Waals surface area contributed by atoms with E-state index in [-0.39, 0.29) is 17.9 Å². The first-order valence-corrected chi connectivity index (χ1v) is 11.7. The van der Waals surface area contributed by atoms with Crippen LogP contribution in [-0.4, -0.2) is 48.1 Å². The third-order valence-corrected chi connectivity index (χ3v) is 6.09. The number of para-hydroxylation sites is 1. The number of ether oxygens (including phenoxy) is 1. The van der Waals surface area contributed by atoms with Crippen molar-refractivity contribution in [3.05, 3.63) is 65.7 Å². The molecule has 0 saturated carbocycles. The van der Waals surface area contributed by atoms with Gasteiger partial charge in [0.2, 0.25) is 0 Å². The highest BCUT2D eigenvalue weighted by Crippen LogP contribution is 2.38. The minimum Gasteiger partial charge on any atom is -0.493 e. The fraction of sp³-hybridized carbons (Fsp3) is 0.370. The smallest absolute Gasteiger partial charge is 0.289 e. The average molecular weight is 459 g/mol. The Morgan fingerprint density at radius 1 is 1.24 bits per heavy atom. The highest BCUT2D eigenvalue weighted by Gasteiger charge is 2.31. The number of anilines is 1. The molecule has 1 aromatic carbocycles. The molecule has 1 saturated heterocycles. The predicted molar refractivity (Wildman–Crippen MR) is 131 cm³/mol. The van der Waals surface area contributed by atoms with Gasteiger partial charge in [-0.1, -0.05) is 32.0 Å². The molecule has 0 N–H and O–H groups in total. The van der Waals surface area contributed by atoms with Crippen LogP contribution in [0.15, 0.2) is 53.1 Å². The van der Waals surface area contributed by atoms with Gasteiger partial charge in [-0.25, -0.2) is 4.98 Å². The highest BCUT2D eigenvalue weighted by atomic mass is 16.5. The Bertz CT molecular complexity index is 1200. The number of furan rings is 1. The lowest BCUT2D eigenvalue weighted by molar-refractivity contribution is 0.0694. The molecule has 3 heterocycles. The summed E-state index contributed by atoms with van der Waals surface area (Å²) in [6.07, 6.45) is 1.51. The molecule has 0 spiro atoms. The molecule has 34 heavy (non-hydrogen) atoms. The van der Waals surface area contributed by atoms with Crippen molar-refractivity contribution in [3.63, 3.8) is 0 Å². The third kappa shape index (κ3) is 4.49. The molecule has 1 amide bonds. The van der Waals surface area contributed by atoms with Crippen LogP contribution in [0.25, 0.3) is 11.1 Å². The number of carbonyl (C=O) groups is 1. The van der Waals surface area contributed by atoms with Gasteiger partial charge in [0, 0.05) is 36.8 Å². The average Bonchev–Trinajstić information content (AvgIpc) is 3.38. The van der Waals surface area contributed by atoms with Crippen molar-refractivity contribution in [1.82, 2.24) is 9.88 Å². The van der Waals surface area contributed by atoms with Crippen molar-refractivity contribution in [1.29, 1.82) is 5.26 Å². The van der Waals surface area contributed by atoms with E-state index in [0.29, 0.717) is 43.4 Å². The Morgan fingerprint density at radius 3 is 2.68 bits per heavy atom. The van der Waals surface area contributed by atoms with Gasteiger partial charge in [-0.15, -0.1) is 0 Å². The molecular formula is C27H30N4O3. The van der Waals surface area contributed by atoms with E-state index in [1.807, 2.05) is 37.3 Å². The van der Waals surface area contributed by atoms with Crippen molar-refractivity contribution < 1.29 is 13.9 Å². The van der Waals surface area contributed by atoms with Crippen LogP contribution in [0.3, 0.4) is 0 Å². The number of nitriles is 1. The summed E-state index contributed by atoms with van der Waals surface area (Å²) >= 11 is 0. The maximum absolute atomic E-state index is 12.7. The van der Waals surface area contributed by atoms with E-state index >= 15 is 0 Å². The highest BCUT2D eigenvalue weighted by molar-refractivity contribution is 5.91. The number of rotatable bonds is 6. The van der Waals surface area contributed by atoms with Crippen LogP contribution in [0.2, 0.25) is 0 Å². The van der Waals surface area contributed by atoms with E-state index in [0.717, 1.165) is 22.6 Å². The lowest BCUT2D eigenvalue weighted by atomic mass is 9.95. The van der Waals surface area contributed by atoms with Gasteiger partial charge in [-0.2, -0.15) is 5.26 Å². The lowest BCUT2D eigenvalue weighted by Gasteiger charge is -2.40. The van der Waals surface area contributed by atoms with E-state index in [4.69, 9.17) is 14.1 Å². The Morgan fingerprint density at radius 2 is 2.03 bits per heavy atom. The first kappa shape index (κ1) is 23.4. The van der Waals surface area contributed by atoms with E-state index < -0.39 is 0 Å². The summed E-state index contributed by atoms with van der Waals surface area (Å²) in [6.45, 7) is 10.4. The van der Waals surface area contributed by atoms with Crippen LogP contribution in [-0.2, 0) is 0 Å². The zero-order chi connectivity index (χ0) is 24.2. The zero-order valence-corrected chi connectivity index (χ0v) is 20.1. The SMILES string of the molecule is CCOc1ccccc1-c1cc(C#N)c(N2CCN(C(=O)c3ccco3)C[C@@H]2C)nc1C(C)C. The Kier molecular flexibility index (Phi) is 6.87. The van der Waals surface area contributed by atoms with E-state index in [1.165, 1.54) is 6.26 Å². The molecule has 2 aromatic heterocycles. The Hall–Kier alpha value is -3.79. The summed E-state index contributed by atoms with van der Waals surface area (Å²) in [7, 11) is 0. The van der Waals surface area contributed by atoms with Crippen molar-refractivity contribution in [3.8, 4) is 22.9 Å². The summed E-state index contributed by atoms with van der Waals surface area (Å²) in [5.74, 6) is 1.82. The molecule has 1 fully saturated rings. The molecular weight excluding hydrogens is 428 g/mol. The molecule has 0 bridgehead atoms. The second kappa shape index (κ2) is 10.0. The van der Waals surface area contributed by atoms with Crippen molar-refractivity contribution in [2.45, 2.75) is 39.7 Å². The topological polar surface area (TPSA) is 82.6 Å². The summed E-state index contributed by atoms with van der Waals surface area (Å²) in [4.78, 5) is 21.7. The molecule has 4 rings (SSSR count). The largest absolute Gasteiger partial charge is 0.493 e. The monoisotopic (exact) mass is 458 g/mol. The Labute approximate surface area is 200 Å². The van der Waals surface area contributed by atoms with E-state index in [9.17, 15) is 10.1 Å². The van der Waals surface area contributed by atoms with Crippen LogP contribution in [0.4, 0.5) is 5.82 Å². The summed E-state index contributed by atoms with van der Waals surface area (Å²) in [5, 5.41) is 10.0. The Balaban J connectivity index is 1.69. The first-order valence-electron chi connectivity index (χ1n) is 11.7. The zero-order valence-electron chi connectivity index (χ0n) is 20.1. The van der Waals surface area contributed by atoms with Gasteiger partial charge < -0.3 is 19.0 Å². The van der Waals surface area contributed by atoms with Crippen LogP contribution in [0.5, 0.6) is 5.75 Å². The summed E-state index contributed by atoms with van der Waals surface area (Å²) < 4.78 is 11.1. The van der Waals surface area contributed by atoms with E-state index in [1.54, 1.807) is 17.0 Å². The molecule has 0 radical (unpaired) electrons. The normalized spacial score (nSPS) is 15.9. The number of hydrogen-bond acceptors (Lipinski definition) is 6. The minimum atomic E-state index is -0.115. The van der Waals surface area contributed by atoms with Gasteiger partial charge in [0.05, 0.1) is 24.1 Å². The molecule has 7 nitrogen and oxygen atoms in total. The standard InChI is InChI=1S/C27H30N4O3/c1-5-33-23-10-7-6-9-21(23)22-15-20(16-28)26(29-25(22)18(2)3)31-13-12-30(17-19(31)4)27(32)24-11-8-14-34-24/h6-11,14-15,18-19H,5,12-13,17H2,1-4H3/t19-/m0/s1. The van der Waals surface area contributed by atoms with Gasteiger partial charge in [0.15, 0.2) is 5.76 Å². The number of hydrogen-bond donors (Lipinski definition) is 0. The number of aromatic nitrogens is 1. The maximum atomic E-state index is 12.7. The van der Waals surface area contributed by atoms with Crippen molar-refractivity contribution >= 4 is 11.7 Å². The van der Waals surface area contributed by atoms with Crippen LogP contribution in [0.1, 0.15) is 55.4 Å². The second-order valence-corrected chi connectivity index (χ2v) is 8.76. The van der Waals surface area contributed by atoms with Gasteiger partial charge in [-0.05, 0) is 44.0 Å². The fourth-order valence-electron chi connectivity index (χ4n) is 4.46. The van der Waals surface area contributed by atoms with Crippen LogP contribution in [0, 0.1) is 11.3 Å². The molecule has 1 aliphatic heterocycles. The maximum Gasteiger partial charge on any atom is 0.289 e.